The third-order valence-corrected chi connectivity index (χ3v) is 5.10. The monoisotopic (exact) mass is 402 g/mol. The van der Waals surface area contributed by atoms with E-state index < -0.39 is 0 Å². The number of hydrogen-bond donors (Lipinski definition) is 0. The van der Waals surface area contributed by atoms with Crippen molar-refractivity contribution < 1.29 is 9.18 Å². The van der Waals surface area contributed by atoms with E-state index in [0.29, 0.717) is 18.0 Å². The fraction of sp³-hybridized carbons (Fsp3) is 0.269. The van der Waals surface area contributed by atoms with Crippen LogP contribution < -0.4 is 0 Å². The Labute approximate surface area is 177 Å². The summed E-state index contributed by atoms with van der Waals surface area (Å²) in [6.07, 6.45) is 6.18. The zero-order valence-corrected chi connectivity index (χ0v) is 17.6. The van der Waals surface area contributed by atoms with E-state index >= 15 is 0 Å². The van der Waals surface area contributed by atoms with Crippen molar-refractivity contribution in [2.75, 3.05) is 0 Å². The largest absolute Gasteiger partial charge is 0.293 e. The first-order valence-corrected chi connectivity index (χ1v) is 10.4. The van der Waals surface area contributed by atoms with Gasteiger partial charge < -0.3 is 0 Å². The Morgan fingerprint density at radius 3 is 2.50 bits per heavy atom. The highest BCUT2D eigenvalue weighted by molar-refractivity contribution is 6.39. The average Bonchev–Trinajstić information content (AvgIpc) is 2.75. The average molecular weight is 403 g/mol. The third kappa shape index (κ3) is 6.18. The fourth-order valence-electron chi connectivity index (χ4n) is 3.35. The minimum absolute atomic E-state index is 0.0603. The number of unbranched alkanes of at least 4 members (excludes halogenated alkanes) is 2. The maximum Gasteiger partial charge on any atom is 0.176 e. The SMILES string of the molecule is C/C(=N\c1ncc(-c2cccc(F)c2)cc1C)C(=O)CCCCCc1ccccc1. The second-order valence-corrected chi connectivity index (χ2v) is 7.54. The number of aliphatic imine (C=N–C) groups is 1. The van der Waals surface area contributed by atoms with Crippen LogP contribution in [0.3, 0.4) is 0 Å². The van der Waals surface area contributed by atoms with Crippen LogP contribution in [0.5, 0.6) is 0 Å². The summed E-state index contributed by atoms with van der Waals surface area (Å²) in [4.78, 5) is 21.2. The van der Waals surface area contributed by atoms with Crippen LogP contribution in [0.2, 0.25) is 0 Å². The van der Waals surface area contributed by atoms with Crippen molar-refractivity contribution in [1.82, 2.24) is 4.98 Å². The molecule has 0 saturated heterocycles. The van der Waals surface area contributed by atoms with E-state index in [-0.39, 0.29) is 11.6 Å². The molecule has 0 radical (unpaired) electrons. The van der Waals surface area contributed by atoms with Gasteiger partial charge in [0, 0.05) is 18.2 Å². The molecule has 0 N–H and O–H groups in total. The number of Topliss-reactive ketones (excluding diaryl/α,β-unsaturated/α-hetero) is 1. The molecule has 0 unspecified atom stereocenters. The van der Waals surface area contributed by atoms with Crippen LogP contribution in [0.4, 0.5) is 10.2 Å². The molecule has 0 aliphatic rings. The highest BCUT2D eigenvalue weighted by atomic mass is 19.1. The smallest absolute Gasteiger partial charge is 0.176 e. The van der Waals surface area contributed by atoms with Crippen molar-refractivity contribution in [1.29, 1.82) is 0 Å². The summed E-state index contributed by atoms with van der Waals surface area (Å²) in [5.74, 6) is 0.313. The number of benzene rings is 2. The van der Waals surface area contributed by atoms with Crippen LogP contribution in [-0.4, -0.2) is 16.5 Å². The van der Waals surface area contributed by atoms with Crippen molar-refractivity contribution in [3.05, 3.63) is 83.8 Å². The Morgan fingerprint density at radius 2 is 1.77 bits per heavy atom. The molecule has 0 aliphatic carbocycles. The van der Waals surface area contributed by atoms with Crippen LogP contribution in [0.15, 0.2) is 71.9 Å². The maximum atomic E-state index is 13.5. The second-order valence-electron chi connectivity index (χ2n) is 7.54. The number of hydrogen-bond acceptors (Lipinski definition) is 3. The summed E-state index contributed by atoms with van der Waals surface area (Å²) < 4.78 is 13.5. The summed E-state index contributed by atoms with van der Waals surface area (Å²) in [7, 11) is 0. The molecule has 0 fully saturated rings. The van der Waals surface area contributed by atoms with Gasteiger partial charge in [0.25, 0.3) is 0 Å². The molecule has 0 amide bonds. The van der Waals surface area contributed by atoms with Crippen LogP contribution in [-0.2, 0) is 11.2 Å². The molecule has 0 atom stereocenters. The second kappa shape index (κ2) is 10.6. The molecule has 1 aromatic heterocycles. The number of nitrogens with zero attached hydrogens (tertiary/aromatic N) is 2. The van der Waals surface area contributed by atoms with Gasteiger partial charge >= 0.3 is 0 Å². The molecule has 0 spiro atoms. The van der Waals surface area contributed by atoms with Crippen LogP contribution >= 0.6 is 0 Å². The Kier molecular flexibility index (Phi) is 7.61. The summed E-state index contributed by atoms with van der Waals surface area (Å²) in [6.45, 7) is 3.64. The van der Waals surface area contributed by atoms with Gasteiger partial charge in [0.05, 0.1) is 5.71 Å². The van der Waals surface area contributed by atoms with Gasteiger partial charge in [0.1, 0.15) is 5.82 Å². The van der Waals surface area contributed by atoms with Crippen molar-refractivity contribution in [2.45, 2.75) is 46.0 Å². The lowest BCUT2D eigenvalue weighted by atomic mass is 10.0. The van der Waals surface area contributed by atoms with Crippen molar-refractivity contribution in [3.8, 4) is 11.1 Å². The zero-order valence-electron chi connectivity index (χ0n) is 17.6. The number of aromatic nitrogens is 1. The van der Waals surface area contributed by atoms with Gasteiger partial charge in [-0.05, 0) is 68.0 Å². The molecule has 3 nitrogen and oxygen atoms in total. The van der Waals surface area contributed by atoms with Crippen molar-refractivity contribution in [3.63, 3.8) is 0 Å². The highest BCUT2D eigenvalue weighted by Gasteiger charge is 2.09. The number of carbonyl (C=O) groups is 1. The Balaban J connectivity index is 1.53. The molecule has 0 bridgehead atoms. The maximum absolute atomic E-state index is 13.5. The lowest BCUT2D eigenvalue weighted by molar-refractivity contribution is -0.113. The van der Waals surface area contributed by atoms with Gasteiger partial charge in [-0.1, -0.05) is 48.9 Å². The van der Waals surface area contributed by atoms with Gasteiger partial charge in [-0.15, -0.1) is 0 Å². The minimum Gasteiger partial charge on any atom is -0.293 e. The van der Waals surface area contributed by atoms with Crippen molar-refractivity contribution >= 4 is 17.3 Å². The molecule has 4 heteroatoms. The third-order valence-electron chi connectivity index (χ3n) is 5.10. The van der Waals surface area contributed by atoms with Gasteiger partial charge in [0.2, 0.25) is 0 Å². The minimum atomic E-state index is -0.280. The van der Waals surface area contributed by atoms with Gasteiger partial charge in [-0.3, -0.25) is 4.79 Å². The lowest BCUT2D eigenvalue weighted by Gasteiger charge is -2.06. The molecule has 3 aromatic rings. The van der Waals surface area contributed by atoms with Crippen LogP contribution in [0.1, 0.15) is 43.7 Å². The van der Waals surface area contributed by atoms with E-state index in [4.69, 9.17) is 0 Å². The van der Waals surface area contributed by atoms with Gasteiger partial charge in [0.15, 0.2) is 11.6 Å². The normalized spacial score (nSPS) is 11.5. The summed E-state index contributed by atoms with van der Waals surface area (Å²) in [5.41, 5.74) is 4.27. The Morgan fingerprint density at radius 1 is 0.967 bits per heavy atom. The standard InChI is InChI=1S/C26H27FN2O/c1-19-16-23(22-13-9-14-24(27)17-22)18-28-26(19)29-20(2)25(30)15-8-4-7-12-21-10-5-3-6-11-21/h3,5-6,9-11,13-14,16-18H,4,7-8,12,15H2,1-2H3/b29-20+. The zero-order chi connectivity index (χ0) is 21.3. The van der Waals surface area contributed by atoms with Gasteiger partial charge in [-0.25, -0.2) is 14.4 Å². The predicted molar refractivity (Wildman–Crippen MR) is 121 cm³/mol. The summed E-state index contributed by atoms with van der Waals surface area (Å²) >= 11 is 0. The molecule has 30 heavy (non-hydrogen) atoms. The first-order valence-electron chi connectivity index (χ1n) is 10.4. The van der Waals surface area contributed by atoms with E-state index in [1.165, 1.54) is 17.7 Å². The first kappa shape index (κ1) is 21.6. The number of rotatable bonds is 9. The molecule has 154 valence electrons. The molecule has 3 rings (SSSR count). The van der Waals surface area contributed by atoms with Crippen LogP contribution in [0, 0.1) is 12.7 Å². The molecule has 1 heterocycles. The summed E-state index contributed by atoms with van der Waals surface area (Å²) in [5, 5.41) is 0. The Hall–Kier alpha value is -3.14. The van der Waals surface area contributed by atoms with E-state index in [1.807, 2.05) is 25.1 Å². The number of pyridine rings is 1. The number of ketones is 1. The summed E-state index contributed by atoms with van der Waals surface area (Å²) in [6, 6.07) is 18.7. The highest BCUT2D eigenvalue weighted by Crippen LogP contribution is 2.25. The number of aryl methyl sites for hydroxylation is 2. The quantitative estimate of drug-likeness (QED) is 0.297. The van der Waals surface area contributed by atoms with E-state index in [2.05, 4.69) is 34.2 Å². The molecular formula is C26H27FN2O. The van der Waals surface area contributed by atoms with E-state index in [0.717, 1.165) is 42.4 Å². The molecule has 2 aromatic carbocycles. The number of carbonyl (C=O) groups excluding carboxylic acids is 1. The fourth-order valence-corrected chi connectivity index (χ4v) is 3.35. The first-order chi connectivity index (χ1) is 14.5. The number of halogens is 1. The Bertz CT molecular complexity index is 1030. The molecular weight excluding hydrogens is 375 g/mol. The van der Waals surface area contributed by atoms with Gasteiger partial charge in [-0.2, -0.15) is 0 Å². The molecule has 0 aliphatic heterocycles. The molecule has 0 saturated carbocycles. The lowest BCUT2D eigenvalue weighted by Crippen LogP contribution is -2.09. The topological polar surface area (TPSA) is 42.3 Å². The predicted octanol–water partition coefficient (Wildman–Crippen LogP) is 6.66. The van der Waals surface area contributed by atoms with E-state index in [9.17, 15) is 9.18 Å². The van der Waals surface area contributed by atoms with Crippen molar-refractivity contribution in [2.24, 2.45) is 4.99 Å². The van der Waals surface area contributed by atoms with Crippen LogP contribution in [0.25, 0.3) is 11.1 Å². The van der Waals surface area contributed by atoms with E-state index in [1.54, 1.807) is 19.2 Å².